The van der Waals surface area contributed by atoms with Gasteiger partial charge in [-0.3, -0.25) is 0 Å². The molecule has 27 heavy (non-hydrogen) atoms. The van der Waals surface area contributed by atoms with Crippen LogP contribution >= 0.6 is 0 Å². The Kier molecular flexibility index (Phi) is 6.24. The van der Waals surface area contributed by atoms with Gasteiger partial charge in [-0.1, -0.05) is 26.3 Å². The highest BCUT2D eigenvalue weighted by Gasteiger charge is 2.10. The number of ether oxygens (including phenoxy) is 1. The van der Waals surface area contributed by atoms with Crippen LogP contribution in [0.2, 0.25) is 0 Å². The Hall–Kier alpha value is -2.66. The number of nitrogens with zero attached hydrogens (tertiary/aromatic N) is 2. The number of aliphatic hydroxyl groups is 1. The van der Waals surface area contributed by atoms with Crippen molar-refractivity contribution in [3.63, 3.8) is 0 Å². The SMILES string of the molecule is CCC(C)CC(O)COc1ccc2nc(-c3ccc(NC)nc3)ccc2c1. The standard InChI is InChI=1S/C22H27N3O2/c1-4-15(2)11-18(26)14-27-19-7-9-20-16(12-19)5-8-21(25-20)17-6-10-22(23-3)24-13-17/h5-10,12-13,15,18,26H,4,11,14H2,1-3H3,(H,23,24). The summed E-state index contributed by atoms with van der Waals surface area (Å²) >= 11 is 0. The van der Waals surface area contributed by atoms with Gasteiger partial charge < -0.3 is 15.2 Å². The second-order valence-electron chi connectivity index (χ2n) is 6.95. The number of hydrogen-bond acceptors (Lipinski definition) is 5. The zero-order valence-corrected chi connectivity index (χ0v) is 16.1. The minimum atomic E-state index is -0.441. The molecule has 0 aliphatic rings. The number of aliphatic hydroxyl groups excluding tert-OH is 1. The summed E-state index contributed by atoms with van der Waals surface area (Å²) in [5.74, 6) is 2.08. The highest BCUT2D eigenvalue weighted by atomic mass is 16.5. The summed E-state index contributed by atoms with van der Waals surface area (Å²) in [5, 5.41) is 14.1. The number of rotatable bonds is 8. The summed E-state index contributed by atoms with van der Waals surface area (Å²) in [6, 6.07) is 13.8. The van der Waals surface area contributed by atoms with Crippen LogP contribution in [-0.2, 0) is 0 Å². The lowest BCUT2D eigenvalue weighted by Crippen LogP contribution is -2.20. The molecule has 0 saturated heterocycles. The maximum Gasteiger partial charge on any atom is 0.125 e. The molecule has 0 fully saturated rings. The minimum absolute atomic E-state index is 0.310. The Morgan fingerprint density at radius 3 is 2.70 bits per heavy atom. The Labute approximate surface area is 160 Å². The van der Waals surface area contributed by atoms with E-state index in [1.807, 2.05) is 55.7 Å². The molecule has 0 spiro atoms. The molecule has 2 aromatic heterocycles. The van der Waals surface area contributed by atoms with Crippen LogP contribution < -0.4 is 10.1 Å². The highest BCUT2D eigenvalue weighted by Crippen LogP contribution is 2.24. The van der Waals surface area contributed by atoms with E-state index >= 15 is 0 Å². The van der Waals surface area contributed by atoms with Gasteiger partial charge >= 0.3 is 0 Å². The predicted molar refractivity (Wildman–Crippen MR) is 110 cm³/mol. The first-order valence-electron chi connectivity index (χ1n) is 9.45. The second kappa shape index (κ2) is 8.82. The molecule has 0 saturated carbocycles. The molecule has 5 heteroatoms. The molecule has 5 nitrogen and oxygen atoms in total. The lowest BCUT2D eigenvalue weighted by molar-refractivity contribution is 0.0866. The topological polar surface area (TPSA) is 67.3 Å². The first-order chi connectivity index (χ1) is 13.1. The van der Waals surface area contributed by atoms with Crippen LogP contribution in [0.15, 0.2) is 48.7 Å². The third-order valence-corrected chi connectivity index (χ3v) is 4.79. The van der Waals surface area contributed by atoms with Gasteiger partial charge in [0, 0.05) is 24.2 Å². The van der Waals surface area contributed by atoms with Crippen LogP contribution in [0.5, 0.6) is 5.75 Å². The Morgan fingerprint density at radius 2 is 2.00 bits per heavy atom. The highest BCUT2D eigenvalue weighted by molar-refractivity contribution is 5.82. The summed E-state index contributed by atoms with van der Waals surface area (Å²) in [6.07, 6.45) is 3.20. The van der Waals surface area contributed by atoms with E-state index in [2.05, 4.69) is 24.1 Å². The summed E-state index contributed by atoms with van der Waals surface area (Å²) in [6.45, 7) is 4.59. The smallest absolute Gasteiger partial charge is 0.125 e. The Morgan fingerprint density at radius 1 is 1.15 bits per heavy atom. The van der Waals surface area contributed by atoms with Gasteiger partial charge in [-0.05, 0) is 48.7 Å². The minimum Gasteiger partial charge on any atom is -0.491 e. The number of nitrogens with one attached hydrogen (secondary N) is 1. The van der Waals surface area contributed by atoms with Gasteiger partial charge in [0.15, 0.2) is 0 Å². The van der Waals surface area contributed by atoms with Crippen molar-refractivity contribution in [2.45, 2.75) is 32.8 Å². The van der Waals surface area contributed by atoms with Gasteiger partial charge in [-0.2, -0.15) is 0 Å². The molecule has 2 unspecified atom stereocenters. The van der Waals surface area contributed by atoms with Crippen LogP contribution in [0.25, 0.3) is 22.2 Å². The number of fused-ring (bicyclic) bond motifs is 1. The molecule has 0 bridgehead atoms. The van der Waals surface area contributed by atoms with Gasteiger partial charge in [-0.15, -0.1) is 0 Å². The van der Waals surface area contributed by atoms with Crippen molar-refractivity contribution in [2.24, 2.45) is 5.92 Å². The number of aromatic nitrogens is 2. The second-order valence-corrected chi connectivity index (χ2v) is 6.95. The molecule has 0 aliphatic carbocycles. The molecular formula is C22H27N3O2. The average molecular weight is 365 g/mol. The largest absolute Gasteiger partial charge is 0.491 e. The lowest BCUT2D eigenvalue weighted by atomic mass is 10.0. The van der Waals surface area contributed by atoms with Crippen molar-refractivity contribution in [1.29, 1.82) is 0 Å². The zero-order chi connectivity index (χ0) is 19.2. The molecule has 2 heterocycles. The summed E-state index contributed by atoms with van der Waals surface area (Å²) in [5.41, 5.74) is 2.76. The molecule has 0 aliphatic heterocycles. The zero-order valence-electron chi connectivity index (χ0n) is 16.1. The molecule has 2 N–H and O–H groups in total. The number of pyridine rings is 2. The van der Waals surface area contributed by atoms with Crippen molar-refractivity contribution in [1.82, 2.24) is 9.97 Å². The molecule has 0 amide bonds. The average Bonchev–Trinajstić information content (AvgIpc) is 2.71. The van der Waals surface area contributed by atoms with Crippen molar-refractivity contribution in [3.05, 3.63) is 48.7 Å². The maximum atomic E-state index is 10.1. The first-order valence-corrected chi connectivity index (χ1v) is 9.45. The number of benzene rings is 1. The normalized spacial score (nSPS) is 13.3. The fourth-order valence-corrected chi connectivity index (χ4v) is 2.94. The van der Waals surface area contributed by atoms with Gasteiger partial charge in [-0.25, -0.2) is 9.97 Å². The van der Waals surface area contributed by atoms with E-state index in [1.165, 1.54) is 0 Å². The van der Waals surface area contributed by atoms with E-state index in [1.54, 1.807) is 0 Å². The fourth-order valence-electron chi connectivity index (χ4n) is 2.94. The fraction of sp³-hybridized carbons (Fsp3) is 0.364. The van der Waals surface area contributed by atoms with E-state index in [0.717, 1.165) is 46.6 Å². The quantitative estimate of drug-likeness (QED) is 0.614. The predicted octanol–water partition coefficient (Wildman–Crippen LogP) is 4.51. The molecular weight excluding hydrogens is 338 g/mol. The number of anilines is 1. The van der Waals surface area contributed by atoms with Gasteiger partial charge in [0.1, 0.15) is 18.2 Å². The molecule has 3 rings (SSSR count). The van der Waals surface area contributed by atoms with E-state index < -0.39 is 6.10 Å². The van der Waals surface area contributed by atoms with E-state index in [0.29, 0.717) is 12.5 Å². The van der Waals surface area contributed by atoms with Crippen LogP contribution in [0.1, 0.15) is 26.7 Å². The van der Waals surface area contributed by atoms with Crippen molar-refractivity contribution < 1.29 is 9.84 Å². The summed E-state index contributed by atoms with van der Waals surface area (Å²) < 4.78 is 5.77. The van der Waals surface area contributed by atoms with Crippen LogP contribution in [-0.4, -0.2) is 34.8 Å². The first kappa shape index (κ1) is 19.1. The molecule has 3 aromatic rings. The third-order valence-electron chi connectivity index (χ3n) is 4.79. The number of hydrogen-bond donors (Lipinski definition) is 2. The summed E-state index contributed by atoms with van der Waals surface area (Å²) in [4.78, 5) is 9.06. The Bertz CT molecular complexity index is 880. The lowest BCUT2D eigenvalue weighted by Gasteiger charge is -2.16. The maximum absolute atomic E-state index is 10.1. The van der Waals surface area contributed by atoms with Gasteiger partial charge in [0.25, 0.3) is 0 Å². The third kappa shape index (κ3) is 4.95. The molecule has 2 atom stereocenters. The summed E-state index contributed by atoms with van der Waals surface area (Å²) in [7, 11) is 1.85. The van der Waals surface area contributed by atoms with Crippen molar-refractivity contribution in [2.75, 3.05) is 19.0 Å². The van der Waals surface area contributed by atoms with Gasteiger partial charge in [0.05, 0.1) is 17.3 Å². The molecule has 0 radical (unpaired) electrons. The van der Waals surface area contributed by atoms with Crippen LogP contribution in [0.4, 0.5) is 5.82 Å². The molecule has 142 valence electrons. The van der Waals surface area contributed by atoms with Crippen LogP contribution in [0, 0.1) is 5.92 Å². The molecule has 1 aromatic carbocycles. The van der Waals surface area contributed by atoms with Gasteiger partial charge in [0.2, 0.25) is 0 Å². The van der Waals surface area contributed by atoms with E-state index in [-0.39, 0.29) is 0 Å². The van der Waals surface area contributed by atoms with Crippen molar-refractivity contribution >= 4 is 16.7 Å². The van der Waals surface area contributed by atoms with E-state index in [4.69, 9.17) is 9.72 Å². The Balaban J connectivity index is 1.71. The van der Waals surface area contributed by atoms with E-state index in [9.17, 15) is 5.11 Å². The van der Waals surface area contributed by atoms with Crippen molar-refractivity contribution in [3.8, 4) is 17.0 Å². The van der Waals surface area contributed by atoms with Crippen LogP contribution in [0.3, 0.4) is 0 Å². The monoisotopic (exact) mass is 365 g/mol.